The molecule has 1 fully saturated rings. The van der Waals surface area contributed by atoms with E-state index < -0.39 is 10.0 Å². The Balaban J connectivity index is 1.56. The molecule has 1 aromatic heterocycles. The van der Waals surface area contributed by atoms with E-state index in [1.54, 1.807) is 18.5 Å². The number of piperidine rings is 1. The predicted molar refractivity (Wildman–Crippen MR) is 120 cm³/mol. The van der Waals surface area contributed by atoms with E-state index in [-0.39, 0.29) is 22.3 Å². The number of nitrogens with one attached hydrogen (secondary N) is 1. The molecular weight excluding hydrogens is 468 g/mol. The molecule has 30 heavy (non-hydrogen) atoms. The van der Waals surface area contributed by atoms with Gasteiger partial charge in [0.1, 0.15) is 5.82 Å². The van der Waals surface area contributed by atoms with Crippen molar-refractivity contribution in [1.29, 1.82) is 0 Å². The number of aromatic nitrogens is 2. The zero-order chi connectivity index (χ0) is 22.1. The second kappa shape index (κ2) is 8.80. The van der Waals surface area contributed by atoms with Gasteiger partial charge in [-0.25, -0.2) is 13.4 Å². The summed E-state index contributed by atoms with van der Waals surface area (Å²) < 4.78 is 29.8. The number of hydrogen-bond donors (Lipinski definition) is 1. The first kappa shape index (κ1) is 23.0. The Kier molecular flexibility index (Phi) is 6.74. The van der Waals surface area contributed by atoms with E-state index in [1.165, 1.54) is 10.5 Å². The highest BCUT2D eigenvalue weighted by atomic mass is 79.9. The summed E-state index contributed by atoms with van der Waals surface area (Å²) >= 11 is 3.49. The Morgan fingerprint density at radius 2 is 1.97 bits per heavy atom. The molecule has 7 nitrogen and oxygen atoms in total. The van der Waals surface area contributed by atoms with Gasteiger partial charge in [0, 0.05) is 48.7 Å². The van der Waals surface area contributed by atoms with E-state index in [0.717, 1.165) is 10.0 Å². The summed E-state index contributed by atoms with van der Waals surface area (Å²) in [6, 6.07) is 8.09. The summed E-state index contributed by atoms with van der Waals surface area (Å²) in [5.74, 6) is 0.458. The lowest BCUT2D eigenvalue weighted by atomic mass is 9.84. The summed E-state index contributed by atoms with van der Waals surface area (Å²) in [4.78, 5) is 16.9. The van der Waals surface area contributed by atoms with Crippen LogP contribution in [0, 0.1) is 12.8 Å². The molecule has 9 heteroatoms. The van der Waals surface area contributed by atoms with Crippen molar-refractivity contribution in [3.63, 3.8) is 0 Å². The molecule has 1 aliphatic rings. The minimum Gasteiger partial charge on any atom is -0.355 e. The molecule has 1 amide bonds. The van der Waals surface area contributed by atoms with Crippen molar-refractivity contribution in [2.75, 3.05) is 19.6 Å². The number of nitrogens with zero attached hydrogens (tertiary/aromatic N) is 3. The van der Waals surface area contributed by atoms with Crippen molar-refractivity contribution in [3.05, 3.63) is 46.3 Å². The Labute approximate surface area is 187 Å². The minimum absolute atomic E-state index is 0.0104. The zero-order valence-electron chi connectivity index (χ0n) is 17.9. The molecule has 2 aromatic rings. The Morgan fingerprint density at radius 1 is 1.30 bits per heavy atom. The third kappa shape index (κ3) is 4.95. The number of hydrogen-bond acceptors (Lipinski definition) is 4. The Bertz CT molecular complexity index is 1010. The molecular formula is C21H29BrN4O3S. The molecule has 0 atom stereocenters. The third-order valence-electron chi connectivity index (χ3n) is 5.83. The van der Waals surface area contributed by atoms with E-state index in [4.69, 9.17) is 0 Å². The van der Waals surface area contributed by atoms with Gasteiger partial charge in [0.2, 0.25) is 5.91 Å². The molecule has 1 aromatic carbocycles. The van der Waals surface area contributed by atoms with Gasteiger partial charge in [0.25, 0.3) is 10.0 Å². The summed E-state index contributed by atoms with van der Waals surface area (Å²) in [5, 5.41) is 3.14. The van der Waals surface area contributed by atoms with Crippen LogP contribution >= 0.6 is 15.9 Å². The number of sulfonamides is 1. The first-order valence-corrected chi connectivity index (χ1v) is 12.3. The number of benzene rings is 1. The quantitative estimate of drug-likeness (QED) is 0.665. The van der Waals surface area contributed by atoms with Gasteiger partial charge in [-0.05, 0) is 37.5 Å². The van der Waals surface area contributed by atoms with Crippen molar-refractivity contribution in [3.8, 4) is 0 Å². The fourth-order valence-electron chi connectivity index (χ4n) is 3.61. The molecule has 0 radical (unpaired) electrons. The fraction of sp³-hybridized carbons (Fsp3) is 0.524. The van der Waals surface area contributed by atoms with Crippen LogP contribution in [0.4, 0.5) is 0 Å². The van der Waals surface area contributed by atoms with Crippen LogP contribution in [-0.4, -0.2) is 47.8 Å². The van der Waals surface area contributed by atoms with E-state index in [1.807, 2.05) is 12.1 Å². The maximum absolute atomic E-state index is 12.8. The highest BCUT2D eigenvalue weighted by Crippen LogP contribution is 2.27. The minimum atomic E-state index is -3.62. The van der Waals surface area contributed by atoms with Crippen LogP contribution in [0.5, 0.6) is 0 Å². The monoisotopic (exact) mass is 496 g/mol. The number of carbonyl (C=O) groups is 1. The first-order valence-electron chi connectivity index (χ1n) is 10.0. The lowest BCUT2D eigenvalue weighted by molar-refractivity contribution is -0.126. The predicted octanol–water partition coefficient (Wildman–Crippen LogP) is 2.99. The number of aryl methyl sites for hydroxylation is 2. The van der Waals surface area contributed by atoms with Crippen molar-refractivity contribution >= 4 is 31.9 Å². The van der Waals surface area contributed by atoms with Crippen molar-refractivity contribution in [1.82, 2.24) is 19.2 Å². The van der Waals surface area contributed by atoms with Crippen LogP contribution in [0.1, 0.15) is 38.1 Å². The maximum atomic E-state index is 12.8. The number of amides is 1. The molecule has 1 saturated heterocycles. The average molecular weight is 497 g/mol. The van der Waals surface area contributed by atoms with Gasteiger partial charge in [-0.1, -0.05) is 41.9 Å². The van der Waals surface area contributed by atoms with Crippen molar-refractivity contribution < 1.29 is 13.2 Å². The lowest BCUT2D eigenvalue weighted by Crippen LogP contribution is -2.45. The van der Waals surface area contributed by atoms with Crippen LogP contribution in [0.15, 0.2) is 40.0 Å². The molecule has 0 spiro atoms. The molecule has 2 heterocycles. The van der Waals surface area contributed by atoms with Gasteiger partial charge in [-0.2, -0.15) is 4.31 Å². The summed E-state index contributed by atoms with van der Waals surface area (Å²) in [6.45, 7) is 7.13. The van der Waals surface area contributed by atoms with E-state index in [2.05, 4.69) is 52.2 Å². The number of halogens is 1. The molecule has 0 aliphatic carbocycles. The highest BCUT2D eigenvalue weighted by molar-refractivity contribution is 9.10. The van der Waals surface area contributed by atoms with Crippen LogP contribution < -0.4 is 5.32 Å². The molecule has 0 unspecified atom stereocenters. The van der Waals surface area contributed by atoms with Gasteiger partial charge in [-0.15, -0.1) is 0 Å². The molecule has 0 bridgehead atoms. The molecule has 164 valence electrons. The molecule has 3 rings (SSSR count). The zero-order valence-corrected chi connectivity index (χ0v) is 20.3. The number of rotatable bonds is 6. The standard InChI is InChI=1S/C21H29BrN4O3S/c1-15-24-19(13-25(15)4)30(28,29)26-10-8-16(9-11-26)20(27)23-14-21(2,3)17-6-5-7-18(22)12-17/h5-7,12-13,16H,8-11,14H2,1-4H3,(H,23,27). The molecule has 0 saturated carbocycles. The van der Waals surface area contributed by atoms with Crippen LogP contribution in [0.3, 0.4) is 0 Å². The summed E-state index contributed by atoms with van der Waals surface area (Å²) in [5.41, 5.74) is 0.934. The van der Waals surface area contributed by atoms with Crippen molar-refractivity contribution in [2.45, 2.75) is 44.1 Å². The highest BCUT2D eigenvalue weighted by Gasteiger charge is 2.34. The summed E-state index contributed by atoms with van der Waals surface area (Å²) in [6.07, 6.45) is 2.55. The smallest absolute Gasteiger partial charge is 0.262 e. The van der Waals surface area contributed by atoms with E-state index in [0.29, 0.717) is 38.3 Å². The van der Waals surface area contributed by atoms with E-state index >= 15 is 0 Å². The average Bonchev–Trinajstić information content (AvgIpc) is 3.05. The summed E-state index contributed by atoms with van der Waals surface area (Å²) in [7, 11) is -1.85. The van der Waals surface area contributed by atoms with Gasteiger partial charge in [0.05, 0.1) is 0 Å². The maximum Gasteiger partial charge on any atom is 0.262 e. The Morgan fingerprint density at radius 3 is 2.53 bits per heavy atom. The van der Waals surface area contributed by atoms with Gasteiger partial charge in [-0.3, -0.25) is 4.79 Å². The van der Waals surface area contributed by atoms with Gasteiger partial charge in [0.15, 0.2) is 5.03 Å². The topological polar surface area (TPSA) is 84.3 Å². The lowest BCUT2D eigenvalue weighted by Gasteiger charge is -2.31. The van der Waals surface area contributed by atoms with Crippen LogP contribution in [-0.2, 0) is 27.3 Å². The van der Waals surface area contributed by atoms with Crippen LogP contribution in [0.2, 0.25) is 0 Å². The second-order valence-corrected chi connectivity index (χ2v) is 11.3. The van der Waals surface area contributed by atoms with Crippen LogP contribution in [0.25, 0.3) is 0 Å². The van der Waals surface area contributed by atoms with E-state index in [9.17, 15) is 13.2 Å². The molecule has 1 N–H and O–H groups in total. The number of carbonyl (C=O) groups excluding carboxylic acids is 1. The molecule has 1 aliphatic heterocycles. The van der Waals surface area contributed by atoms with Crippen molar-refractivity contribution in [2.24, 2.45) is 13.0 Å². The first-order chi connectivity index (χ1) is 14.0. The second-order valence-electron chi connectivity index (χ2n) is 8.53. The Hall–Kier alpha value is -1.71. The third-order valence-corrected chi connectivity index (χ3v) is 8.09. The van der Waals surface area contributed by atoms with Gasteiger partial charge >= 0.3 is 0 Å². The largest absolute Gasteiger partial charge is 0.355 e. The normalized spacial score (nSPS) is 16.6. The fourth-order valence-corrected chi connectivity index (χ4v) is 5.50. The number of imidazole rings is 1. The SMILES string of the molecule is Cc1nc(S(=O)(=O)N2CCC(C(=O)NCC(C)(C)c3cccc(Br)c3)CC2)cn1C. The van der Waals surface area contributed by atoms with Gasteiger partial charge < -0.3 is 9.88 Å².